The Labute approximate surface area is 118 Å². The molecule has 0 aliphatic carbocycles. The number of aromatic nitrogens is 1. The quantitative estimate of drug-likeness (QED) is 0.804. The number of rotatable bonds is 3. The van der Waals surface area contributed by atoms with Crippen LogP contribution in [-0.2, 0) is 11.3 Å². The fraction of sp³-hybridized carbons (Fsp3) is 0.0769. The Balaban J connectivity index is 2.01. The average molecular weight is 327 g/mol. The normalized spacial score (nSPS) is 10.1. The Morgan fingerprint density at radius 3 is 2.67 bits per heavy atom. The highest BCUT2D eigenvalue weighted by Gasteiger charge is 2.12. The molecule has 0 fully saturated rings. The molecule has 0 saturated carbocycles. The van der Waals surface area contributed by atoms with Crippen molar-refractivity contribution in [3.05, 3.63) is 63.3 Å². The van der Waals surface area contributed by atoms with Crippen LogP contribution in [-0.4, -0.2) is 11.0 Å². The molecule has 1 aromatic carbocycles. The Morgan fingerprint density at radius 2 is 2.00 bits per heavy atom. The first-order valence-electron chi connectivity index (χ1n) is 5.19. The summed E-state index contributed by atoms with van der Waals surface area (Å²) in [5, 5.41) is 0.290. The van der Waals surface area contributed by atoms with E-state index in [0.717, 1.165) is 10.0 Å². The molecule has 2 aromatic rings. The molecule has 0 aliphatic heterocycles. The summed E-state index contributed by atoms with van der Waals surface area (Å²) >= 11 is 9.19. The van der Waals surface area contributed by atoms with Crippen molar-refractivity contribution in [3.63, 3.8) is 0 Å². The fourth-order valence-electron chi connectivity index (χ4n) is 1.33. The van der Waals surface area contributed by atoms with Gasteiger partial charge in [-0.05, 0) is 29.8 Å². The second kappa shape index (κ2) is 5.98. The number of nitrogens with zero attached hydrogens (tertiary/aromatic N) is 1. The summed E-state index contributed by atoms with van der Waals surface area (Å²) in [7, 11) is 0. The average Bonchev–Trinajstić information content (AvgIpc) is 2.38. The predicted molar refractivity (Wildman–Crippen MR) is 72.5 cm³/mol. The zero-order valence-corrected chi connectivity index (χ0v) is 11.6. The van der Waals surface area contributed by atoms with E-state index >= 15 is 0 Å². The lowest BCUT2D eigenvalue weighted by molar-refractivity contribution is 0.0466. The Bertz CT molecular complexity index is 557. The summed E-state index contributed by atoms with van der Waals surface area (Å²) in [5.74, 6) is -0.525. The van der Waals surface area contributed by atoms with Gasteiger partial charge in [0.15, 0.2) is 5.69 Å². The first-order chi connectivity index (χ1) is 8.66. The first-order valence-corrected chi connectivity index (χ1v) is 6.36. The summed E-state index contributed by atoms with van der Waals surface area (Å²) in [6.07, 6.45) is 1.50. The van der Waals surface area contributed by atoms with Crippen LogP contribution in [0, 0.1) is 0 Å². The Kier molecular flexibility index (Phi) is 4.33. The zero-order chi connectivity index (χ0) is 13.0. The minimum Gasteiger partial charge on any atom is -0.456 e. The van der Waals surface area contributed by atoms with Crippen molar-refractivity contribution in [1.29, 1.82) is 0 Å². The van der Waals surface area contributed by atoms with Gasteiger partial charge in [-0.25, -0.2) is 9.78 Å². The third kappa shape index (κ3) is 3.31. The van der Waals surface area contributed by atoms with E-state index in [-0.39, 0.29) is 12.3 Å². The number of halogens is 2. The van der Waals surface area contributed by atoms with Gasteiger partial charge < -0.3 is 4.74 Å². The molecule has 0 saturated heterocycles. The molecule has 1 heterocycles. The minimum atomic E-state index is -0.525. The highest BCUT2D eigenvalue weighted by Crippen LogP contribution is 2.15. The molecule has 0 spiro atoms. The number of ether oxygens (including phenoxy) is 1. The van der Waals surface area contributed by atoms with Gasteiger partial charge in [-0.3, -0.25) is 0 Å². The molecule has 0 atom stereocenters. The van der Waals surface area contributed by atoms with Gasteiger partial charge in [-0.2, -0.15) is 0 Å². The summed E-state index contributed by atoms with van der Waals surface area (Å²) in [6.45, 7) is 0.193. The maximum Gasteiger partial charge on any atom is 0.358 e. The maximum absolute atomic E-state index is 11.7. The van der Waals surface area contributed by atoms with E-state index < -0.39 is 5.97 Å². The van der Waals surface area contributed by atoms with Crippen LogP contribution >= 0.6 is 27.5 Å². The molecule has 0 bridgehead atoms. The predicted octanol–water partition coefficient (Wildman–Crippen LogP) is 3.85. The molecule has 3 nitrogen and oxygen atoms in total. The van der Waals surface area contributed by atoms with Gasteiger partial charge in [0.2, 0.25) is 0 Å². The third-order valence-electron chi connectivity index (χ3n) is 2.24. The topological polar surface area (TPSA) is 39.2 Å². The van der Waals surface area contributed by atoms with Crippen LogP contribution in [0.2, 0.25) is 5.02 Å². The lowest BCUT2D eigenvalue weighted by Gasteiger charge is -2.05. The van der Waals surface area contributed by atoms with E-state index in [2.05, 4.69) is 20.9 Å². The van der Waals surface area contributed by atoms with Crippen molar-refractivity contribution in [1.82, 2.24) is 4.98 Å². The molecule has 2 rings (SSSR count). The second-order valence-corrected chi connectivity index (χ2v) is 4.86. The number of esters is 1. The molecule has 0 unspecified atom stereocenters. The van der Waals surface area contributed by atoms with Gasteiger partial charge in [-0.15, -0.1) is 0 Å². The summed E-state index contributed by atoms with van der Waals surface area (Å²) in [6, 6.07) is 10.8. The highest BCUT2D eigenvalue weighted by molar-refractivity contribution is 9.10. The monoisotopic (exact) mass is 325 g/mol. The van der Waals surface area contributed by atoms with Crippen LogP contribution in [0.5, 0.6) is 0 Å². The van der Waals surface area contributed by atoms with Crippen molar-refractivity contribution in [2.24, 2.45) is 0 Å². The number of hydrogen-bond donors (Lipinski definition) is 0. The molecule has 18 heavy (non-hydrogen) atoms. The number of pyridine rings is 1. The summed E-state index contributed by atoms with van der Waals surface area (Å²) < 4.78 is 6.11. The molecule has 0 radical (unpaired) electrons. The van der Waals surface area contributed by atoms with Crippen LogP contribution < -0.4 is 0 Å². The maximum atomic E-state index is 11.7. The molecule has 92 valence electrons. The smallest absolute Gasteiger partial charge is 0.358 e. The van der Waals surface area contributed by atoms with Crippen LogP contribution in [0.4, 0.5) is 0 Å². The minimum absolute atomic E-state index is 0.135. The van der Waals surface area contributed by atoms with Gasteiger partial charge in [-0.1, -0.05) is 39.7 Å². The molecular weight excluding hydrogens is 318 g/mol. The number of hydrogen-bond acceptors (Lipinski definition) is 3. The van der Waals surface area contributed by atoms with Crippen LogP contribution in [0.15, 0.2) is 47.1 Å². The largest absolute Gasteiger partial charge is 0.456 e. The lowest BCUT2D eigenvalue weighted by Crippen LogP contribution is -2.07. The number of benzene rings is 1. The fourth-order valence-corrected chi connectivity index (χ4v) is 1.80. The van der Waals surface area contributed by atoms with Crippen molar-refractivity contribution in [3.8, 4) is 0 Å². The van der Waals surface area contributed by atoms with Crippen LogP contribution in [0.3, 0.4) is 0 Å². The van der Waals surface area contributed by atoms with Crippen LogP contribution in [0.25, 0.3) is 0 Å². The van der Waals surface area contributed by atoms with Gasteiger partial charge in [0, 0.05) is 10.7 Å². The molecule has 0 amide bonds. The van der Waals surface area contributed by atoms with Gasteiger partial charge in [0.05, 0.1) is 5.02 Å². The van der Waals surface area contributed by atoms with E-state index in [1.54, 1.807) is 12.1 Å². The standard InChI is InChI=1S/C13H9BrClNO2/c14-10-5-3-9(4-6-10)8-18-13(17)12-11(15)2-1-7-16-12/h1-7H,8H2. The van der Waals surface area contributed by atoms with Crippen molar-refractivity contribution in [2.75, 3.05) is 0 Å². The SMILES string of the molecule is O=C(OCc1ccc(Br)cc1)c1ncccc1Cl. The van der Waals surface area contributed by atoms with E-state index in [1.807, 2.05) is 24.3 Å². The van der Waals surface area contributed by atoms with Gasteiger partial charge in [0.1, 0.15) is 6.61 Å². The van der Waals surface area contributed by atoms with Crippen molar-refractivity contribution < 1.29 is 9.53 Å². The van der Waals surface area contributed by atoms with E-state index in [9.17, 15) is 4.79 Å². The van der Waals surface area contributed by atoms with Gasteiger partial charge in [0.25, 0.3) is 0 Å². The number of carbonyl (C=O) groups is 1. The Hall–Kier alpha value is -1.39. The zero-order valence-electron chi connectivity index (χ0n) is 9.27. The number of carbonyl (C=O) groups excluding carboxylic acids is 1. The molecule has 1 aromatic heterocycles. The second-order valence-electron chi connectivity index (χ2n) is 3.54. The third-order valence-corrected chi connectivity index (χ3v) is 3.07. The molecule has 5 heteroatoms. The van der Waals surface area contributed by atoms with Gasteiger partial charge >= 0.3 is 5.97 Å². The molecule has 0 aliphatic rings. The van der Waals surface area contributed by atoms with Crippen molar-refractivity contribution >= 4 is 33.5 Å². The van der Waals surface area contributed by atoms with E-state index in [0.29, 0.717) is 5.02 Å². The van der Waals surface area contributed by atoms with E-state index in [4.69, 9.17) is 16.3 Å². The summed E-state index contributed by atoms with van der Waals surface area (Å²) in [4.78, 5) is 15.6. The highest BCUT2D eigenvalue weighted by atomic mass is 79.9. The molecule has 0 N–H and O–H groups in total. The first kappa shape index (κ1) is 13.1. The lowest BCUT2D eigenvalue weighted by atomic mass is 10.2. The van der Waals surface area contributed by atoms with E-state index in [1.165, 1.54) is 6.20 Å². The molecular formula is C13H9BrClNO2. The summed E-state index contributed by atoms with van der Waals surface area (Å²) in [5.41, 5.74) is 1.04. The van der Waals surface area contributed by atoms with Crippen LogP contribution in [0.1, 0.15) is 16.1 Å². The Morgan fingerprint density at radius 1 is 1.28 bits per heavy atom. The van der Waals surface area contributed by atoms with Crippen molar-refractivity contribution in [2.45, 2.75) is 6.61 Å².